The molecule has 1 aromatic carbocycles. The number of halogens is 1. The Labute approximate surface area is 112 Å². The van der Waals surface area contributed by atoms with Gasteiger partial charge in [-0.2, -0.15) is 0 Å². The fourth-order valence-corrected chi connectivity index (χ4v) is 1.87. The molecule has 2 aromatic rings. The zero-order valence-electron chi connectivity index (χ0n) is 11.0. The SMILES string of the molecule is CN(CCc1ccc(N)cn1)Cc1ccc(F)cc1. The van der Waals surface area contributed by atoms with Crippen molar-refractivity contribution in [2.45, 2.75) is 13.0 Å². The van der Waals surface area contributed by atoms with Gasteiger partial charge in [0.05, 0.1) is 11.9 Å². The van der Waals surface area contributed by atoms with Crippen molar-refractivity contribution in [2.24, 2.45) is 0 Å². The first-order valence-corrected chi connectivity index (χ1v) is 6.27. The Morgan fingerprint density at radius 1 is 1.16 bits per heavy atom. The molecule has 0 saturated heterocycles. The van der Waals surface area contributed by atoms with Crippen molar-refractivity contribution < 1.29 is 4.39 Å². The third kappa shape index (κ3) is 4.34. The molecule has 0 aliphatic carbocycles. The van der Waals surface area contributed by atoms with E-state index in [0.29, 0.717) is 5.69 Å². The van der Waals surface area contributed by atoms with Gasteiger partial charge in [-0.3, -0.25) is 4.98 Å². The summed E-state index contributed by atoms with van der Waals surface area (Å²) in [7, 11) is 2.04. The topological polar surface area (TPSA) is 42.1 Å². The van der Waals surface area contributed by atoms with Crippen LogP contribution in [0, 0.1) is 5.82 Å². The second-order valence-electron chi connectivity index (χ2n) is 4.70. The molecule has 0 bridgehead atoms. The molecule has 2 N–H and O–H groups in total. The standard InChI is InChI=1S/C15H18FN3/c1-19(11-12-2-4-13(16)5-3-12)9-8-15-7-6-14(17)10-18-15/h2-7,10H,8-9,11,17H2,1H3. The van der Waals surface area contributed by atoms with E-state index in [-0.39, 0.29) is 5.82 Å². The van der Waals surface area contributed by atoms with Crippen LogP contribution in [0.15, 0.2) is 42.6 Å². The monoisotopic (exact) mass is 259 g/mol. The van der Waals surface area contributed by atoms with Crippen molar-refractivity contribution in [1.29, 1.82) is 0 Å². The lowest BCUT2D eigenvalue weighted by Gasteiger charge is -2.16. The van der Waals surface area contributed by atoms with E-state index < -0.39 is 0 Å². The molecule has 0 unspecified atom stereocenters. The first-order valence-electron chi connectivity index (χ1n) is 6.27. The number of nitrogens with two attached hydrogens (primary N) is 1. The van der Waals surface area contributed by atoms with Gasteiger partial charge in [-0.05, 0) is 36.9 Å². The van der Waals surface area contributed by atoms with Gasteiger partial charge in [-0.1, -0.05) is 12.1 Å². The van der Waals surface area contributed by atoms with E-state index in [9.17, 15) is 4.39 Å². The molecular formula is C15H18FN3. The number of anilines is 1. The summed E-state index contributed by atoms with van der Waals surface area (Å²) in [4.78, 5) is 6.45. The number of hydrogen-bond acceptors (Lipinski definition) is 3. The lowest BCUT2D eigenvalue weighted by atomic mass is 10.2. The summed E-state index contributed by atoms with van der Waals surface area (Å²) in [6.45, 7) is 1.70. The third-order valence-corrected chi connectivity index (χ3v) is 2.96. The van der Waals surface area contributed by atoms with Crippen molar-refractivity contribution in [1.82, 2.24) is 9.88 Å². The van der Waals surface area contributed by atoms with Crippen molar-refractivity contribution in [3.63, 3.8) is 0 Å². The van der Waals surface area contributed by atoms with Crippen LogP contribution in [0.1, 0.15) is 11.3 Å². The molecule has 0 amide bonds. The fraction of sp³-hybridized carbons (Fsp3) is 0.267. The van der Waals surface area contributed by atoms with E-state index in [1.807, 2.05) is 31.3 Å². The van der Waals surface area contributed by atoms with E-state index in [1.165, 1.54) is 12.1 Å². The molecule has 0 saturated carbocycles. The van der Waals surface area contributed by atoms with Crippen molar-refractivity contribution >= 4 is 5.69 Å². The van der Waals surface area contributed by atoms with Gasteiger partial charge in [0.15, 0.2) is 0 Å². The highest BCUT2D eigenvalue weighted by atomic mass is 19.1. The van der Waals surface area contributed by atoms with Crippen molar-refractivity contribution in [3.8, 4) is 0 Å². The minimum absolute atomic E-state index is 0.197. The number of benzene rings is 1. The van der Waals surface area contributed by atoms with E-state index in [4.69, 9.17) is 5.73 Å². The molecule has 0 aliphatic heterocycles. The predicted octanol–water partition coefficient (Wildman–Crippen LogP) is 2.48. The largest absolute Gasteiger partial charge is 0.397 e. The second kappa shape index (κ2) is 6.29. The van der Waals surface area contributed by atoms with Crippen LogP contribution in [0.2, 0.25) is 0 Å². The second-order valence-corrected chi connectivity index (χ2v) is 4.70. The Balaban J connectivity index is 1.82. The first kappa shape index (κ1) is 13.5. The van der Waals surface area contributed by atoms with Gasteiger partial charge in [0.25, 0.3) is 0 Å². The number of aromatic nitrogens is 1. The van der Waals surface area contributed by atoms with Crippen LogP contribution in [0.4, 0.5) is 10.1 Å². The zero-order valence-corrected chi connectivity index (χ0v) is 11.0. The number of rotatable bonds is 5. The molecule has 100 valence electrons. The van der Waals surface area contributed by atoms with Gasteiger partial charge in [0.1, 0.15) is 5.82 Å². The molecule has 1 heterocycles. The van der Waals surface area contributed by atoms with Crippen LogP contribution in [0.3, 0.4) is 0 Å². The third-order valence-electron chi connectivity index (χ3n) is 2.96. The van der Waals surface area contributed by atoms with Gasteiger partial charge < -0.3 is 10.6 Å². The molecular weight excluding hydrogens is 241 g/mol. The van der Waals surface area contributed by atoms with Crippen molar-refractivity contribution in [3.05, 3.63) is 59.7 Å². The lowest BCUT2D eigenvalue weighted by Crippen LogP contribution is -2.21. The van der Waals surface area contributed by atoms with Crippen LogP contribution < -0.4 is 5.73 Å². The summed E-state index contributed by atoms with van der Waals surface area (Å²) in [5.74, 6) is -0.197. The number of hydrogen-bond donors (Lipinski definition) is 1. The lowest BCUT2D eigenvalue weighted by molar-refractivity contribution is 0.330. The van der Waals surface area contributed by atoms with Gasteiger partial charge in [0, 0.05) is 25.2 Å². The molecule has 4 heteroatoms. The number of likely N-dealkylation sites (N-methyl/N-ethyl adjacent to an activating group) is 1. The van der Waals surface area contributed by atoms with Gasteiger partial charge in [-0.15, -0.1) is 0 Å². The Hall–Kier alpha value is -1.94. The number of nitrogen functional groups attached to an aromatic ring is 1. The average molecular weight is 259 g/mol. The van der Waals surface area contributed by atoms with E-state index in [2.05, 4.69) is 9.88 Å². The van der Waals surface area contributed by atoms with Gasteiger partial charge >= 0.3 is 0 Å². The highest BCUT2D eigenvalue weighted by molar-refractivity contribution is 5.34. The minimum atomic E-state index is -0.197. The molecule has 0 aliphatic rings. The van der Waals surface area contributed by atoms with Gasteiger partial charge in [-0.25, -0.2) is 4.39 Å². The average Bonchev–Trinajstić information content (AvgIpc) is 2.41. The highest BCUT2D eigenvalue weighted by Crippen LogP contribution is 2.07. The zero-order chi connectivity index (χ0) is 13.7. The summed E-state index contributed by atoms with van der Waals surface area (Å²) >= 11 is 0. The first-order chi connectivity index (χ1) is 9.13. The number of pyridine rings is 1. The smallest absolute Gasteiger partial charge is 0.123 e. The maximum absolute atomic E-state index is 12.8. The van der Waals surface area contributed by atoms with Crippen LogP contribution in [0.25, 0.3) is 0 Å². The van der Waals surface area contributed by atoms with Crippen LogP contribution in [0.5, 0.6) is 0 Å². The normalized spacial score (nSPS) is 10.9. The molecule has 0 spiro atoms. The predicted molar refractivity (Wildman–Crippen MR) is 75.1 cm³/mol. The molecule has 19 heavy (non-hydrogen) atoms. The Morgan fingerprint density at radius 3 is 2.53 bits per heavy atom. The Kier molecular flexibility index (Phi) is 4.47. The highest BCUT2D eigenvalue weighted by Gasteiger charge is 2.02. The minimum Gasteiger partial charge on any atom is -0.397 e. The quantitative estimate of drug-likeness (QED) is 0.897. The van der Waals surface area contributed by atoms with Crippen LogP contribution >= 0.6 is 0 Å². The molecule has 1 aromatic heterocycles. The maximum atomic E-state index is 12.8. The molecule has 2 rings (SSSR count). The fourth-order valence-electron chi connectivity index (χ4n) is 1.87. The summed E-state index contributed by atoms with van der Waals surface area (Å²) in [5.41, 5.74) is 8.41. The number of nitrogens with zero attached hydrogens (tertiary/aromatic N) is 2. The Bertz CT molecular complexity index is 508. The van der Waals surface area contributed by atoms with Gasteiger partial charge in [0.2, 0.25) is 0 Å². The molecule has 0 fully saturated rings. The molecule has 3 nitrogen and oxygen atoms in total. The summed E-state index contributed by atoms with van der Waals surface area (Å²) in [6.07, 6.45) is 2.55. The van der Waals surface area contributed by atoms with Crippen molar-refractivity contribution in [2.75, 3.05) is 19.3 Å². The summed E-state index contributed by atoms with van der Waals surface area (Å²) < 4.78 is 12.8. The van der Waals surface area contributed by atoms with Crippen LogP contribution in [-0.4, -0.2) is 23.5 Å². The van der Waals surface area contributed by atoms with E-state index in [0.717, 1.165) is 30.8 Å². The maximum Gasteiger partial charge on any atom is 0.123 e. The van der Waals surface area contributed by atoms with E-state index in [1.54, 1.807) is 6.20 Å². The molecule has 0 radical (unpaired) electrons. The molecule has 0 atom stereocenters. The van der Waals surface area contributed by atoms with E-state index >= 15 is 0 Å². The Morgan fingerprint density at radius 2 is 1.89 bits per heavy atom. The summed E-state index contributed by atoms with van der Waals surface area (Å²) in [5, 5.41) is 0. The summed E-state index contributed by atoms with van der Waals surface area (Å²) in [6, 6.07) is 10.4. The van der Waals surface area contributed by atoms with Crippen LogP contribution in [-0.2, 0) is 13.0 Å².